The summed E-state index contributed by atoms with van der Waals surface area (Å²) in [4.78, 5) is 18.6. The third kappa shape index (κ3) is 3.24. The lowest BCUT2D eigenvalue weighted by molar-refractivity contribution is 0.155. The molecule has 28 heavy (non-hydrogen) atoms. The van der Waals surface area contributed by atoms with E-state index in [2.05, 4.69) is 10.1 Å². The zero-order chi connectivity index (χ0) is 19.7. The van der Waals surface area contributed by atoms with Gasteiger partial charge in [-0.1, -0.05) is 23.7 Å². The monoisotopic (exact) mass is 396 g/mol. The van der Waals surface area contributed by atoms with Gasteiger partial charge in [-0.2, -0.15) is 0 Å². The zero-order valence-corrected chi connectivity index (χ0v) is 16.6. The molecule has 2 aromatic heterocycles. The molecule has 1 aliphatic rings. The molecule has 0 saturated carbocycles. The van der Waals surface area contributed by atoms with Crippen molar-refractivity contribution in [2.24, 2.45) is 0 Å². The molecule has 1 aromatic carbocycles. The summed E-state index contributed by atoms with van der Waals surface area (Å²) in [7, 11) is 0. The van der Waals surface area contributed by atoms with Crippen LogP contribution in [-0.4, -0.2) is 38.8 Å². The van der Waals surface area contributed by atoms with Crippen LogP contribution in [0.3, 0.4) is 0 Å². The molecule has 1 aliphatic carbocycles. The highest BCUT2D eigenvalue weighted by atomic mass is 35.5. The molecule has 0 saturated heterocycles. The smallest absolute Gasteiger partial charge is 0.389 e. The summed E-state index contributed by atoms with van der Waals surface area (Å²) in [6, 6.07) is 11.4. The van der Waals surface area contributed by atoms with Crippen LogP contribution in [0.15, 0.2) is 42.6 Å². The van der Waals surface area contributed by atoms with Crippen LogP contribution in [0.4, 0.5) is 4.79 Å². The second-order valence-corrected chi connectivity index (χ2v) is 7.00. The Morgan fingerprint density at radius 2 is 2.04 bits per heavy atom. The molecule has 4 rings (SSSR count). The van der Waals surface area contributed by atoms with E-state index < -0.39 is 6.09 Å². The van der Waals surface area contributed by atoms with Gasteiger partial charge in [0.25, 0.3) is 5.88 Å². The molecule has 0 bridgehead atoms. The average molecular weight is 397 g/mol. The van der Waals surface area contributed by atoms with Crippen LogP contribution in [0.1, 0.15) is 25.1 Å². The number of halogens is 1. The lowest BCUT2D eigenvalue weighted by Gasteiger charge is -2.20. The van der Waals surface area contributed by atoms with Gasteiger partial charge in [-0.3, -0.25) is 0 Å². The van der Waals surface area contributed by atoms with Gasteiger partial charge in [0, 0.05) is 24.3 Å². The Morgan fingerprint density at radius 1 is 1.21 bits per heavy atom. The van der Waals surface area contributed by atoms with Crippen molar-refractivity contribution in [1.29, 1.82) is 0 Å². The number of hydrogen-bond acceptors (Lipinski definition) is 4. The van der Waals surface area contributed by atoms with Gasteiger partial charge in [0.05, 0.1) is 11.3 Å². The largest absolute Gasteiger partial charge is 0.416 e. The lowest BCUT2D eigenvalue weighted by atomic mass is 9.89. The lowest BCUT2D eigenvalue weighted by Crippen LogP contribution is -2.33. The minimum Gasteiger partial charge on any atom is -0.389 e. The average Bonchev–Trinajstić information content (AvgIpc) is 3.08. The first-order chi connectivity index (χ1) is 13.6. The van der Waals surface area contributed by atoms with Gasteiger partial charge in [-0.25, -0.2) is 14.5 Å². The molecule has 144 valence electrons. The quantitative estimate of drug-likeness (QED) is 0.650. The molecular formula is C21H21ClN4O2. The number of nitrogens with zero attached hydrogens (tertiary/aromatic N) is 4. The summed E-state index contributed by atoms with van der Waals surface area (Å²) in [5, 5.41) is 5.32. The molecule has 0 spiro atoms. The maximum Gasteiger partial charge on any atom is 0.416 e. The molecule has 0 atom stereocenters. The van der Waals surface area contributed by atoms with Gasteiger partial charge in [0.15, 0.2) is 5.82 Å². The predicted octanol–water partition coefficient (Wildman–Crippen LogP) is 4.53. The van der Waals surface area contributed by atoms with Crippen molar-refractivity contribution < 1.29 is 9.53 Å². The Bertz CT molecular complexity index is 1010. The highest BCUT2D eigenvalue weighted by Gasteiger charge is 2.29. The molecular weight excluding hydrogens is 376 g/mol. The number of aryl methyl sites for hydroxylation is 1. The minimum absolute atomic E-state index is 0.306. The Labute approximate surface area is 168 Å². The standard InChI is InChI=1S/C21H21ClN4O2/c1-3-25(4-2)21(27)28-20-19-16-10-9-15(22)13-14(16)8-11-17(19)26(24-20)18-7-5-6-12-23-18/h5-7,9-10,12-13H,3-4,8,11H2,1-2H3. The first-order valence-corrected chi connectivity index (χ1v) is 9.79. The van der Waals surface area contributed by atoms with Gasteiger partial charge in [-0.05, 0) is 62.1 Å². The van der Waals surface area contributed by atoms with E-state index >= 15 is 0 Å². The van der Waals surface area contributed by atoms with E-state index in [0.717, 1.165) is 35.2 Å². The summed E-state index contributed by atoms with van der Waals surface area (Å²) in [6.07, 6.45) is 2.92. The Balaban J connectivity index is 1.85. The summed E-state index contributed by atoms with van der Waals surface area (Å²) in [5.74, 6) is 1.00. The number of ether oxygens (including phenoxy) is 1. The maximum atomic E-state index is 12.6. The van der Waals surface area contributed by atoms with Crippen molar-refractivity contribution in [3.8, 4) is 22.8 Å². The molecule has 0 aliphatic heterocycles. The van der Waals surface area contributed by atoms with E-state index in [-0.39, 0.29) is 0 Å². The first-order valence-electron chi connectivity index (χ1n) is 9.41. The van der Waals surface area contributed by atoms with Crippen molar-refractivity contribution in [3.05, 3.63) is 58.9 Å². The summed E-state index contributed by atoms with van der Waals surface area (Å²) >= 11 is 6.19. The highest BCUT2D eigenvalue weighted by Crippen LogP contribution is 2.41. The number of carbonyl (C=O) groups is 1. The number of amides is 1. The molecule has 3 aromatic rings. The molecule has 2 heterocycles. The van der Waals surface area contributed by atoms with E-state index in [0.29, 0.717) is 29.8 Å². The fraction of sp³-hybridized carbons (Fsp3) is 0.286. The number of hydrogen-bond donors (Lipinski definition) is 0. The summed E-state index contributed by atoms with van der Waals surface area (Å²) < 4.78 is 7.52. The number of fused-ring (bicyclic) bond motifs is 3. The van der Waals surface area contributed by atoms with Gasteiger partial charge in [0.2, 0.25) is 0 Å². The molecule has 6 nitrogen and oxygen atoms in total. The third-order valence-electron chi connectivity index (χ3n) is 4.99. The summed E-state index contributed by atoms with van der Waals surface area (Å²) in [5.41, 5.74) is 3.94. The predicted molar refractivity (Wildman–Crippen MR) is 108 cm³/mol. The minimum atomic E-state index is -0.403. The van der Waals surface area contributed by atoms with Gasteiger partial charge in [-0.15, -0.1) is 5.10 Å². The van der Waals surface area contributed by atoms with E-state index in [4.69, 9.17) is 16.3 Å². The van der Waals surface area contributed by atoms with E-state index in [1.165, 1.54) is 0 Å². The number of carbonyl (C=O) groups excluding carboxylic acids is 1. The fourth-order valence-electron chi connectivity index (χ4n) is 3.57. The second-order valence-electron chi connectivity index (χ2n) is 6.57. The molecule has 0 unspecified atom stereocenters. The molecule has 1 amide bonds. The van der Waals surface area contributed by atoms with Crippen LogP contribution >= 0.6 is 11.6 Å². The van der Waals surface area contributed by atoms with Crippen molar-refractivity contribution in [2.45, 2.75) is 26.7 Å². The fourth-order valence-corrected chi connectivity index (χ4v) is 3.76. The van der Waals surface area contributed by atoms with Crippen LogP contribution in [0.5, 0.6) is 5.88 Å². The van der Waals surface area contributed by atoms with Gasteiger partial charge in [0.1, 0.15) is 0 Å². The maximum absolute atomic E-state index is 12.6. The number of aromatic nitrogens is 3. The number of rotatable bonds is 4. The SMILES string of the molecule is CCN(CC)C(=O)Oc1nn(-c2ccccn2)c2c1-c1ccc(Cl)cc1CC2. The van der Waals surface area contributed by atoms with Crippen LogP contribution in [0, 0.1) is 0 Å². The van der Waals surface area contributed by atoms with Crippen molar-refractivity contribution >= 4 is 17.7 Å². The number of pyridine rings is 1. The van der Waals surface area contributed by atoms with Crippen LogP contribution < -0.4 is 4.74 Å². The Hall–Kier alpha value is -2.86. The summed E-state index contributed by atoms with van der Waals surface area (Å²) in [6.45, 7) is 4.99. The number of benzene rings is 1. The van der Waals surface area contributed by atoms with Gasteiger partial charge < -0.3 is 9.64 Å². The normalized spacial score (nSPS) is 12.2. The molecule has 0 fully saturated rings. The van der Waals surface area contributed by atoms with Crippen molar-refractivity contribution in [3.63, 3.8) is 0 Å². The molecule has 0 N–H and O–H groups in total. The van der Waals surface area contributed by atoms with Gasteiger partial charge >= 0.3 is 6.09 Å². The zero-order valence-electron chi connectivity index (χ0n) is 15.9. The van der Waals surface area contributed by atoms with E-state index in [1.807, 2.05) is 50.2 Å². The van der Waals surface area contributed by atoms with Crippen molar-refractivity contribution in [2.75, 3.05) is 13.1 Å². The first kappa shape index (κ1) is 18.5. The van der Waals surface area contributed by atoms with Crippen LogP contribution in [-0.2, 0) is 12.8 Å². The highest BCUT2D eigenvalue weighted by molar-refractivity contribution is 6.30. The Morgan fingerprint density at radius 3 is 2.75 bits per heavy atom. The van der Waals surface area contributed by atoms with E-state index in [9.17, 15) is 4.79 Å². The topological polar surface area (TPSA) is 60.3 Å². The van der Waals surface area contributed by atoms with E-state index in [1.54, 1.807) is 15.8 Å². The Kier molecular flexibility index (Phi) is 5.05. The van der Waals surface area contributed by atoms with Crippen molar-refractivity contribution in [1.82, 2.24) is 19.7 Å². The van der Waals surface area contributed by atoms with Crippen LogP contribution in [0.2, 0.25) is 5.02 Å². The molecule has 0 radical (unpaired) electrons. The van der Waals surface area contributed by atoms with Crippen LogP contribution in [0.25, 0.3) is 16.9 Å². The second kappa shape index (κ2) is 7.64. The molecule has 7 heteroatoms. The third-order valence-corrected chi connectivity index (χ3v) is 5.22.